The molecule has 3 rings (SSSR count). The summed E-state index contributed by atoms with van der Waals surface area (Å²) in [5.41, 5.74) is 0.994. The van der Waals surface area contributed by atoms with Crippen molar-refractivity contribution in [1.29, 1.82) is 0 Å². The maximum Gasteiger partial charge on any atom is 0.182 e. The third-order valence-electron chi connectivity index (χ3n) is 2.83. The highest BCUT2D eigenvalue weighted by atomic mass is 35.5. The summed E-state index contributed by atoms with van der Waals surface area (Å²) >= 11 is 10.8. The first-order valence-electron chi connectivity index (χ1n) is 5.52. The Labute approximate surface area is 121 Å². The van der Waals surface area contributed by atoms with Gasteiger partial charge in [-0.1, -0.05) is 11.6 Å². The topological polar surface area (TPSA) is 20.7 Å². The molecule has 1 N–H and O–H groups in total. The lowest BCUT2D eigenvalue weighted by molar-refractivity contribution is 0.581. The molecule has 0 spiro atoms. The number of hydrogen-bond acceptors (Lipinski definition) is 1. The minimum atomic E-state index is -0.745. The van der Waals surface area contributed by atoms with Crippen LogP contribution in [-0.2, 0) is 0 Å². The number of imidazole rings is 1. The van der Waals surface area contributed by atoms with Crippen molar-refractivity contribution in [2.45, 2.75) is 0 Å². The number of aromatic amines is 1. The molecule has 102 valence electrons. The van der Waals surface area contributed by atoms with Crippen molar-refractivity contribution in [2.75, 3.05) is 0 Å². The number of halogens is 4. The summed E-state index contributed by atoms with van der Waals surface area (Å²) in [6, 6.07) is 5.50. The summed E-state index contributed by atoms with van der Waals surface area (Å²) in [7, 11) is 0. The molecular weight excluding hydrogens is 309 g/mol. The number of nitrogens with zero attached hydrogens (tertiary/aromatic N) is 1. The summed E-state index contributed by atoms with van der Waals surface area (Å²) < 4.78 is 41.7. The maximum absolute atomic E-state index is 13.6. The Bertz CT molecular complexity index is 865. The summed E-state index contributed by atoms with van der Waals surface area (Å²) in [5.74, 6) is -2.13. The first-order chi connectivity index (χ1) is 9.45. The van der Waals surface area contributed by atoms with Gasteiger partial charge in [0, 0.05) is 12.1 Å². The Hall–Kier alpha value is -1.79. The van der Waals surface area contributed by atoms with E-state index in [4.69, 9.17) is 23.8 Å². The summed E-state index contributed by atoms with van der Waals surface area (Å²) in [6.07, 6.45) is 0. The SMILES string of the molecule is Fc1cc(F)cc(-n2c(=S)[nH]c3cc(Cl)c(F)cc32)c1. The van der Waals surface area contributed by atoms with Gasteiger partial charge in [-0.3, -0.25) is 4.57 Å². The number of rotatable bonds is 1. The molecule has 20 heavy (non-hydrogen) atoms. The Morgan fingerprint density at radius 3 is 2.30 bits per heavy atom. The van der Waals surface area contributed by atoms with Gasteiger partial charge in [0.15, 0.2) is 4.77 Å². The molecule has 2 aromatic carbocycles. The van der Waals surface area contributed by atoms with Crippen molar-refractivity contribution in [2.24, 2.45) is 0 Å². The zero-order valence-electron chi connectivity index (χ0n) is 9.75. The van der Waals surface area contributed by atoms with Gasteiger partial charge in [0.2, 0.25) is 0 Å². The van der Waals surface area contributed by atoms with Crippen LogP contribution in [-0.4, -0.2) is 9.55 Å². The lowest BCUT2D eigenvalue weighted by Gasteiger charge is -2.05. The molecule has 7 heteroatoms. The van der Waals surface area contributed by atoms with Crippen LogP contribution in [0.15, 0.2) is 30.3 Å². The Morgan fingerprint density at radius 1 is 1.00 bits per heavy atom. The summed E-state index contributed by atoms with van der Waals surface area (Å²) in [5, 5.41) is -0.0636. The van der Waals surface area contributed by atoms with Crippen molar-refractivity contribution in [3.05, 3.63) is 57.6 Å². The van der Waals surface area contributed by atoms with Crippen LogP contribution < -0.4 is 0 Å². The lowest BCUT2D eigenvalue weighted by atomic mass is 10.2. The predicted octanol–water partition coefficient (Wildman–Crippen LogP) is 4.76. The maximum atomic E-state index is 13.6. The van der Waals surface area contributed by atoms with Crippen molar-refractivity contribution in [3.63, 3.8) is 0 Å². The van der Waals surface area contributed by atoms with Crippen LogP contribution >= 0.6 is 23.8 Å². The zero-order chi connectivity index (χ0) is 14.4. The van der Waals surface area contributed by atoms with Gasteiger partial charge in [-0.25, -0.2) is 13.2 Å². The minimum absolute atomic E-state index is 0.0636. The molecule has 0 fully saturated rings. The highest BCUT2D eigenvalue weighted by Crippen LogP contribution is 2.25. The van der Waals surface area contributed by atoms with Crippen LogP contribution in [0, 0.1) is 22.2 Å². The molecule has 0 unspecified atom stereocenters. The minimum Gasteiger partial charge on any atom is -0.330 e. The number of aromatic nitrogens is 2. The first-order valence-corrected chi connectivity index (χ1v) is 6.30. The quantitative estimate of drug-likeness (QED) is 0.642. The van der Waals surface area contributed by atoms with E-state index in [1.807, 2.05) is 0 Å². The molecule has 0 aliphatic heterocycles. The van der Waals surface area contributed by atoms with Gasteiger partial charge in [0.1, 0.15) is 17.5 Å². The van der Waals surface area contributed by atoms with Gasteiger partial charge in [-0.05, 0) is 30.4 Å². The van der Waals surface area contributed by atoms with Crippen LogP contribution in [0.4, 0.5) is 13.2 Å². The molecule has 0 aliphatic rings. The number of H-pyrrole nitrogens is 1. The Morgan fingerprint density at radius 2 is 1.65 bits per heavy atom. The number of hydrogen-bond donors (Lipinski definition) is 1. The van der Waals surface area contributed by atoms with Gasteiger partial charge in [-0.15, -0.1) is 0 Å². The van der Waals surface area contributed by atoms with Crippen LogP contribution in [0.5, 0.6) is 0 Å². The zero-order valence-corrected chi connectivity index (χ0v) is 11.3. The van der Waals surface area contributed by atoms with E-state index in [1.54, 1.807) is 0 Å². The average molecular weight is 315 g/mol. The molecule has 2 nitrogen and oxygen atoms in total. The number of benzene rings is 2. The fourth-order valence-corrected chi connectivity index (χ4v) is 2.50. The largest absolute Gasteiger partial charge is 0.330 e. The molecular formula is C13H6ClF3N2S. The Kier molecular flexibility index (Phi) is 3.07. The van der Waals surface area contributed by atoms with E-state index in [9.17, 15) is 13.2 Å². The molecule has 1 aromatic heterocycles. The van der Waals surface area contributed by atoms with Crippen molar-refractivity contribution >= 4 is 34.9 Å². The lowest BCUT2D eigenvalue weighted by Crippen LogP contribution is -1.96. The van der Waals surface area contributed by atoms with Gasteiger partial charge >= 0.3 is 0 Å². The van der Waals surface area contributed by atoms with Crippen LogP contribution in [0.3, 0.4) is 0 Å². The monoisotopic (exact) mass is 314 g/mol. The highest BCUT2D eigenvalue weighted by molar-refractivity contribution is 7.71. The smallest absolute Gasteiger partial charge is 0.182 e. The first kappa shape index (κ1) is 13.2. The van der Waals surface area contributed by atoms with E-state index in [-0.39, 0.29) is 15.5 Å². The van der Waals surface area contributed by atoms with Crippen LogP contribution in [0.25, 0.3) is 16.7 Å². The van der Waals surface area contributed by atoms with E-state index in [0.29, 0.717) is 11.0 Å². The van der Waals surface area contributed by atoms with Gasteiger partial charge < -0.3 is 4.98 Å². The highest BCUT2D eigenvalue weighted by Gasteiger charge is 2.12. The number of fused-ring (bicyclic) bond motifs is 1. The molecule has 0 radical (unpaired) electrons. The third kappa shape index (κ3) is 2.10. The van der Waals surface area contributed by atoms with Gasteiger partial charge in [0.25, 0.3) is 0 Å². The van der Waals surface area contributed by atoms with Crippen molar-refractivity contribution in [3.8, 4) is 5.69 Å². The molecule has 0 atom stereocenters. The molecule has 0 bridgehead atoms. The summed E-state index contributed by atoms with van der Waals surface area (Å²) in [4.78, 5) is 2.81. The van der Waals surface area contributed by atoms with Crippen LogP contribution in [0.2, 0.25) is 5.02 Å². The van der Waals surface area contributed by atoms with E-state index in [0.717, 1.165) is 24.3 Å². The van der Waals surface area contributed by atoms with E-state index < -0.39 is 17.5 Å². The van der Waals surface area contributed by atoms with E-state index in [1.165, 1.54) is 10.6 Å². The van der Waals surface area contributed by atoms with Crippen molar-refractivity contribution < 1.29 is 13.2 Å². The third-order valence-corrected chi connectivity index (χ3v) is 3.40. The predicted molar refractivity (Wildman–Crippen MR) is 73.3 cm³/mol. The average Bonchev–Trinajstić information content (AvgIpc) is 2.64. The molecule has 1 heterocycles. The second-order valence-electron chi connectivity index (χ2n) is 4.18. The molecule has 0 saturated carbocycles. The fourth-order valence-electron chi connectivity index (χ4n) is 2.03. The molecule has 3 aromatic rings. The van der Waals surface area contributed by atoms with E-state index in [2.05, 4.69) is 4.98 Å². The van der Waals surface area contributed by atoms with Gasteiger partial charge in [-0.2, -0.15) is 0 Å². The summed E-state index contributed by atoms with van der Waals surface area (Å²) in [6.45, 7) is 0. The molecule has 0 amide bonds. The number of nitrogens with one attached hydrogen (secondary N) is 1. The van der Waals surface area contributed by atoms with Crippen LogP contribution in [0.1, 0.15) is 0 Å². The second kappa shape index (κ2) is 4.64. The van der Waals surface area contributed by atoms with Crippen molar-refractivity contribution in [1.82, 2.24) is 9.55 Å². The fraction of sp³-hybridized carbons (Fsp3) is 0. The Balaban J connectivity index is 2.38. The normalized spacial score (nSPS) is 11.2. The van der Waals surface area contributed by atoms with Gasteiger partial charge in [0.05, 0.1) is 21.7 Å². The van der Waals surface area contributed by atoms with E-state index >= 15 is 0 Å². The second-order valence-corrected chi connectivity index (χ2v) is 4.97. The molecule has 0 aliphatic carbocycles. The molecule has 0 saturated heterocycles. The standard InChI is InChI=1S/C13H6ClF3N2S/c14-9-4-11-12(5-10(9)17)19(13(20)18-11)8-2-6(15)1-7(16)3-8/h1-5H,(H,18,20).